The molecule has 0 amide bonds. The van der Waals surface area contributed by atoms with E-state index < -0.39 is 32.9 Å². The van der Waals surface area contributed by atoms with Crippen LogP contribution in [0.2, 0.25) is 0 Å². The molecule has 12 nitrogen and oxygen atoms in total. The highest BCUT2D eigenvalue weighted by Gasteiger charge is 2.37. The highest BCUT2D eigenvalue weighted by Crippen LogP contribution is 2.38. The molecule has 0 bridgehead atoms. The van der Waals surface area contributed by atoms with Gasteiger partial charge >= 0.3 is 5.97 Å². The molecular weight excluding hydrogens is 596 g/mol. The van der Waals surface area contributed by atoms with Gasteiger partial charge in [0, 0.05) is 18.7 Å². The van der Waals surface area contributed by atoms with Crippen LogP contribution in [0, 0.1) is 6.92 Å². The summed E-state index contributed by atoms with van der Waals surface area (Å²) in [5.74, 6) is -0.245. The Kier molecular flexibility index (Phi) is 8.49. The van der Waals surface area contributed by atoms with Crippen molar-refractivity contribution in [2.45, 2.75) is 57.8 Å². The summed E-state index contributed by atoms with van der Waals surface area (Å²) in [5.41, 5.74) is -0.789. The number of rotatable bonds is 10. The number of aliphatic carboxylic acids is 1. The SMILES string of the molecule is COc1ccccc1C(Cn1nc(C(C)(C)C(=O)O)c(=O)c2c(C)c(-c3ncco3)sc21)OC1CCN(S(C)(=O)=O)CC1. The number of aromatic nitrogens is 3. The zero-order valence-electron chi connectivity index (χ0n) is 24.6. The van der Waals surface area contributed by atoms with E-state index in [4.69, 9.17) is 13.9 Å². The largest absolute Gasteiger partial charge is 0.496 e. The third kappa shape index (κ3) is 5.96. The standard InChI is InChI=1S/C29H34N4O8S2/c1-17-22-23(34)25(29(2,3)28(35)36)31-33(27(22)42-24(17)26-30-12-15-40-26)16-21(19-8-6-7-9-20(19)39-4)41-18-10-13-32(14-11-18)43(5,37)38/h6-9,12,15,18,21H,10-11,13-14,16H2,1-5H3,(H,35,36). The predicted molar refractivity (Wildman–Crippen MR) is 161 cm³/mol. The van der Waals surface area contributed by atoms with Gasteiger partial charge < -0.3 is 19.0 Å². The molecule has 4 aromatic rings. The molecule has 1 fully saturated rings. The molecule has 0 spiro atoms. The highest BCUT2D eigenvalue weighted by atomic mass is 32.2. The van der Waals surface area contributed by atoms with E-state index in [1.54, 1.807) is 18.7 Å². The van der Waals surface area contributed by atoms with Gasteiger partial charge in [-0.3, -0.25) is 14.3 Å². The average Bonchev–Trinajstić information content (AvgIpc) is 3.62. The molecule has 1 saturated heterocycles. The Hall–Kier alpha value is -3.59. The average molecular weight is 631 g/mol. The van der Waals surface area contributed by atoms with Gasteiger partial charge in [-0.1, -0.05) is 18.2 Å². The van der Waals surface area contributed by atoms with Gasteiger partial charge in [-0.25, -0.2) is 17.7 Å². The van der Waals surface area contributed by atoms with Crippen LogP contribution >= 0.6 is 11.3 Å². The molecule has 1 aromatic carbocycles. The van der Waals surface area contributed by atoms with Crippen molar-refractivity contribution in [3.05, 3.63) is 63.8 Å². The van der Waals surface area contributed by atoms with Crippen LogP contribution in [0.25, 0.3) is 21.0 Å². The molecule has 3 aromatic heterocycles. The maximum absolute atomic E-state index is 13.8. The Bertz CT molecular complexity index is 1800. The maximum atomic E-state index is 13.8. The van der Waals surface area contributed by atoms with E-state index in [2.05, 4.69) is 10.1 Å². The van der Waals surface area contributed by atoms with E-state index in [-0.39, 0.29) is 18.3 Å². The molecule has 230 valence electrons. The Morgan fingerprint density at radius 3 is 2.56 bits per heavy atom. The second-order valence-electron chi connectivity index (χ2n) is 11.1. The third-order valence-electron chi connectivity index (χ3n) is 7.83. The van der Waals surface area contributed by atoms with Gasteiger partial charge in [0.05, 0.1) is 42.5 Å². The second-order valence-corrected chi connectivity index (χ2v) is 14.1. The Labute approximate surface area is 252 Å². The van der Waals surface area contributed by atoms with Crippen molar-refractivity contribution in [2.24, 2.45) is 0 Å². The summed E-state index contributed by atoms with van der Waals surface area (Å²) in [7, 11) is -1.74. The van der Waals surface area contributed by atoms with Gasteiger partial charge in [0.25, 0.3) is 0 Å². The van der Waals surface area contributed by atoms with E-state index in [9.17, 15) is 23.1 Å². The maximum Gasteiger partial charge on any atom is 0.315 e. The smallest absolute Gasteiger partial charge is 0.315 e. The van der Waals surface area contributed by atoms with Crippen LogP contribution in [0.15, 0.2) is 45.9 Å². The molecule has 1 aliphatic rings. The number of ether oxygens (including phenoxy) is 2. The predicted octanol–water partition coefficient (Wildman–Crippen LogP) is 3.97. The van der Waals surface area contributed by atoms with Gasteiger partial charge in [0.15, 0.2) is 0 Å². The van der Waals surface area contributed by atoms with Crippen LogP contribution in [0.1, 0.15) is 49.6 Å². The number of hydrogen-bond acceptors (Lipinski definition) is 10. The zero-order valence-corrected chi connectivity index (χ0v) is 26.2. The number of carboxylic acids is 1. The summed E-state index contributed by atoms with van der Waals surface area (Å²) in [4.78, 5) is 31.5. The fourth-order valence-electron chi connectivity index (χ4n) is 5.29. The number of piperidine rings is 1. The number of hydrogen-bond donors (Lipinski definition) is 1. The second kappa shape index (κ2) is 11.8. The van der Waals surface area contributed by atoms with Crippen molar-refractivity contribution in [2.75, 3.05) is 26.5 Å². The highest BCUT2D eigenvalue weighted by molar-refractivity contribution is 7.88. The fourth-order valence-corrected chi connectivity index (χ4v) is 7.37. The molecule has 0 saturated carbocycles. The Morgan fingerprint density at radius 1 is 1.26 bits per heavy atom. The molecule has 0 radical (unpaired) electrons. The lowest BCUT2D eigenvalue weighted by molar-refractivity contribution is -0.142. The van der Waals surface area contributed by atoms with E-state index in [1.807, 2.05) is 24.3 Å². The lowest BCUT2D eigenvalue weighted by Gasteiger charge is -2.33. The Balaban J connectivity index is 1.64. The summed E-state index contributed by atoms with van der Waals surface area (Å²) in [6.45, 7) is 5.49. The van der Waals surface area contributed by atoms with Crippen LogP contribution in [0.4, 0.5) is 0 Å². The molecular formula is C29H34N4O8S2. The summed E-state index contributed by atoms with van der Waals surface area (Å²) in [6.07, 6.45) is 4.27. The van der Waals surface area contributed by atoms with E-state index in [0.29, 0.717) is 58.2 Å². The number of fused-ring (bicyclic) bond motifs is 1. The molecule has 14 heteroatoms. The van der Waals surface area contributed by atoms with Crippen molar-refractivity contribution >= 4 is 37.5 Å². The molecule has 5 rings (SSSR count). The minimum absolute atomic E-state index is 0.104. The van der Waals surface area contributed by atoms with Crippen LogP contribution in [-0.2, 0) is 31.5 Å². The number of nitrogens with zero attached hydrogens (tertiary/aromatic N) is 4. The molecule has 1 aliphatic heterocycles. The van der Waals surface area contributed by atoms with Crippen LogP contribution in [0.3, 0.4) is 0 Å². The lowest BCUT2D eigenvalue weighted by atomic mass is 9.88. The van der Waals surface area contributed by atoms with Gasteiger partial charge in [-0.2, -0.15) is 5.10 Å². The topological polar surface area (TPSA) is 154 Å². The summed E-state index contributed by atoms with van der Waals surface area (Å²) < 4.78 is 45.1. The number of oxazole rings is 1. The van der Waals surface area contributed by atoms with E-state index in [0.717, 1.165) is 5.56 Å². The molecule has 4 heterocycles. The Morgan fingerprint density at radius 2 is 1.95 bits per heavy atom. The molecule has 1 atom stereocenters. The van der Waals surface area contributed by atoms with Crippen LogP contribution in [-0.4, -0.2) is 71.1 Å². The number of carbonyl (C=O) groups is 1. The van der Waals surface area contributed by atoms with Gasteiger partial charge in [0.1, 0.15) is 34.1 Å². The molecule has 1 unspecified atom stereocenters. The zero-order chi connectivity index (χ0) is 31.1. The summed E-state index contributed by atoms with van der Waals surface area (Å²) >= 11 is 1.28. The normalized spacial score (nSPS) is 16.0. The van der Waals surface area contributed by atoms with E-state index >= 15 is 0 Å². The summed E-state index contributed by atoms with van der Waals surface area (Å²) in [6, 6.07) is 7.42. The van der Waals surface area contributed by atoms with Crippen molar-refractivity contribution in [1.29, 1.82) is 0 Å². The first-order valence-corrected chi connectivity index (χ1v) is 16.4. The van der Waals surface area contributed by atoms with Crippen molar-refractivity contribution < 1.29 is 32.2 Å². The van der Waals surface area contributed by atoms with Crippen LogP contribution in [0.5, 0.6) is 5.75 Å². The first-order valence-electron chi connectivity index (χ1n) is 13.7. The minimum atomic E-state index is -3.31. The summed E-state index contributed by atoms with van der Waals surface area (Å²) in [5, 5.41) is 15.0. The monoisotopic (exact) mass is 630 g/mol. The number of carboxylic acid groups (broad SMARTS) is 1. The first-order chi connectivity index (χ1) is 20.3. The number of aryl methyl sites for hydroxylation is 1. The van der Waals surface area contributed by atoms with Gasteiger partial charge in [-0.15, -0.1) is 11.3 Å². The fraction of sp³-hybridized carbons (Fsp3) is 0.448. The quantitative estimate of drug-likeness (QED) is 0.272. The first kappa shape index (κ1) is 30.9. The minimum Gasteiger partial charge on any atom is -0.496 e. The number of para-hydroxylation sites is 1. The van der Waals surface area contributed by atoms with Gasteiger partial charge in [-0.05, 0) is 45.2 Å². The molecule has 43 heavy (non-hydrogen) atoms. The number of methoxy groups -OCH3 is 1. The van der Waals surface area contributed by atoms with E-state index in [1.165, 1.54) is 48.2 Å². The molecule has 1 N–H and O–H groups in total. The lowest BCUT2D eigenvalue weighted by Crippen LogP contribution is -2.41. The number of thiophene rings is 1. The van der Waals surface area contributed by atoms with Crippen molar-refractivity contribution in [3.63, 3.8) is 0 Å². The van der Waals surface area contributed by atoms with Crippen molar-refractivity contribution in [1.82, 2.24) is 19.1 Å². The number of sulfonamides is 1. The van der Waals surface area contributed by atoms with Crippen molar-refractivity contribution in [3.8, 4) is 16.5 Å². The third-order valence-corrected chi connectivity index (χ3v) is 10.4. The van der Waals surface area contributed by atoms with Crippen LogP contribution < -0.4 is 10.2 Å². The molecule has 0 aliphatic carbocycles. The van der Waals surface area contributed by atoms with Gasteiger partial charge in [0.2, 0.25) is 21.3 Å². The number of benzene rings is 1.